The number of carboxylic acid groups (broad SMARTS) is 1. The third-order valence-electron chi connectivity index (χ3n) is 5.97. The van der Waals surface area contributed by atoms with Crippen LogP contribution in [0.15, 0.2) is 24.3 Å². The van der Waals surface area contributed by atoms with Crippen LogP contribution < -0.4 is 5.32 Å². The number of hydrogen-bond acceptors (Lipinski definition) is 3. The summed E-state index contributed by atoms with van der Waals surface area (Å²) in [5.41, 5.74) is 1.02. The van der Waals surface area contributed by atoms with E-state index in [0.717, 1.165) is 25.9 Å². The van der Waals surface area contributed by atoms with E-state index >= 15 is 0 Å². The van der Waals surface area contributed by atoms with Gasteiger partial charge in [0, 0.05) is 19.0 Å². The fourth-order valence-electron chi connectivity index (χ4n) is 4.66. The van der Waals surface area contributed by atoms with Crippen LogP contribution in [0.2, 0.25) is 0 Å². The highest BCUT2D eigenvalue weighted by atomic mass is 16.4. The lowest BCUT2D eigenvalue weighted by atomic mass is 9.81. The molecular formula is C22H30N2O4. The van der Waals surface area contributed by atoms with E-state index in [4.69, 9.17) is 0 Å². The Bertz CT molecular complexity index is 738. The van der Waals surface area contributed by atoms with Crippen molar-refractivity contribution in [2.75, 3.05) is 18.4 Å². The van der Waals surface area contributed by atoms with Gasteiger partial charge < -0.3 is 15.3 Å². The molecule has 152 valence electrons. The molecule has 0 bridgehead atoms. The summed E-state index contributed by atoms with van der Waals surface area (Å²) < 4.78 is 0. The molecule has 1 aromatic rings. The first kappa shape index (κ1) is 20.4. The molecule has 0 radical (unpaired) electrons. The van der Waals surface area contributed by atoms with E-state index in [0.29, 0.717) is 42.3 Å². The number of aliphatic carboxylic acids is 1. The van der Waals surface area contributed by atoms with E-state index < -0.39 is 11.9 Å². The van der Waals surface area contributed by atoms with E-state index in [-0.39, 0.29) is 17.7 Å². The Hall–Kier alpha value is -2.37. The van der Waals surface area contributed by atoms with Gasteiger partial charge in [-0.3, -0.25) is 14.4 Å². The lowest BCUT2D eigenvalue weighted by molar-refractivity contribution is -0.143. The maximum Gasteiger partial charge on any atom is 0.306 e. The number of likely N-dealkylation sites (tertiary alicyclic amines) is 1. The Labute approximate surface area is 166 Å². The largest absolute Gasteiger partial charge is 0.481 e. The van der Waals surface area contributed by atoms with Crippen molar-refractivity contribution in [1.82, 2.24) is 4.90 Å². The summed E-state index contributed by atoms with van der Waals surface area (Å²) in [7, 11) is 0. The Morgan fingerprint density at radius 1 is 1.00 bits per heavy atom. The fourth-order valence-corrected chi connectivity index (χ4v) is 4.66. The van der Waals surface area contributed by atoms with Crippen LogP contribution in [0, 0.1) is 23.7 Å². The summed E-state index contributed by atoms with van der Waals surface area (Å²) in [5.74, 6) is -0.936. The van der Waals surface area contributed by atoms with E-state index in [9.17, 15) is 19.5 Å². The summed E-state index contributed by atoms with van der Waals surface area (Å²) >= 11 is 0. The molecule has 6 heteroatoms. The van der Waals surface area contributed by atoms with Gasteiger partial charge in [0.2, 0.25) is 5.91 Å². The zero-order valence-corrected chi connectivity index (χ0v) is 16.7. The SMILES string of the molecule is CC1CC(C)CN(C(=O)c2ccccc2NC(=O)C2CCCC(C(=O)O)C2)C1. The number of anilines is 1. The first-order valence-corrected chi connectivity index (χ1v) is 10.3. The highest BCUT2D eigenvalue weighted by molar-refractivity contribution is 6.04. The van der Waals surface area contributed by atoms with E-state index in [2.05, 4.69) is 19.2 Å². The Morgan fingerprint density at radius 3 is 2.32 bits per heavy atom. The number of amides is 2. The molecule has 1 aliphatic heterocycles. The van der Waals surface area contributed by atoms with Gasteiger partial charge in [0.15, 0.2) is 0 Å². The van der Waals surface area contributed by atoms with Gasteiger partial charge in [0.05, 0.1) is 17.2 Å². The minimum absolute atomic E-state index is 0.0543. The number of carboxylic acids is 1. The van der Waals surface area contributed by atoms with Crippen molar-refractivity contribution < 1.29 is 19.5 Å². The fraction of sp³-hybridized carbons (Fsp3) is 0.591. The average molecular weight is 386 g/mol. The van der Waals surface area contributed by atoms with Crippen LogP contribution in [0.5, 0.6) is 0 Å². The molecule has 2 N–H and O–H groups in total. The Balaban J connectivity index is 1.72. The van der Waals surface area contributed by atoms with Gasteiger partial charge in [0.1, 0.15) is 0 Å². The van der Waals surface area contributed by atoms with Crippen LogP contribution in [-0.2, 0) is 9.59 Å². The average Bonchev–Trinajstić information content (AvgIpc) is 2.67. The second-order valence-electron chi connectivity index (χ2n) is 8.59. The summed E-state index contributed by atoms with van der Waals surface area (Å²) in [6.07, 6.45) is 3.53. The molecule has 1 saturated carbocycles. The zero-order valence-electron chi connectivity index (χ0n) is 16.7. The van der Waals surface area contributed by atoms with Crippen LogP contribution >= 0.6 is 0 Å². The van der Waals surface area contributed by atoms with Crippen LogP contribution in [-0.4, -0.2) is 40.9 Å². The number of carbonyl (C=O) groups is 3. The van der Waals surface area contributed by atoms with Crippen molar-refractivity contribution in [1.29, 1.82) is 0 Å². The molecule has 1 aliphatic carbocycles. The van der Waals surface area contributed by atoms with Crippen molar-refractivity contribution in [2.24, 2.45) is 23.7 Å². The first-order valence-electron chi connectivity index (χ1n) is 10.3. The van der Waals surface area contributed by atoms with Gasteiger partial charge in [-0.25, -0.2) is 0 Å². The number of piperidine rings is 1. The lowest BCUT2D eigenvalue weighted by Crippen LogP contribution is -2.43. The summed E-state index contributed by atoms with van der Waals surface area (Å²) in [6, 6.07) is 7.11. The molecule has 3 rings (SSSR count). The zero-order chi connectivity index (χ0) is 20.3. The normalized spacial score (nSPS) is 27.9. The predicted octanol–water partition coefficient (Wildman–Crippen LogP) is 3.63. The number of rotatable bonds is 4. The van der Waals surface area contributed by atoms with E-state index in [1.807, 2.05) is 4.90 Å². The van der Waals surface area contributed by atoms with Crippen molar-refractivity contribution in [2.45, 2.75) is 46.0 Å². The van der Waals surface area contributed by atoms with Gasteiger partial charge in [-0.1, -0.05) is 32.4 Å². The molecule has 0 spiro atoms. The quantitative estimate of drug-likeness (QED) is 0.827. The minimum atomic E-state index is -0.832. The van der Waals surface area contributed by atoms with Gasteiger partial charge in [0.25, 0.3) is 5.91 Å². The van der Waals surface area contributed by atoms with Crippen LogP contribution in [0.3, 0.4) is 0 Å². The summed E-state index contributed by atoms with van der Waals surface area (Å²) in [6.45, 7) is 5.78. The molecule has 28 heavy (non-hydrogen) atoms. The molecule has 0 aromatic heterocycles. The van der Waals surface area contributed by atoms with Crippen LogP contribution in [0.1, 0.15) is 56.3 Å². The monoisotopic (exact) mass is 386 g/mol. The van der Waals surface area contributed by atoms with Crippen molar-refractivity contribution in [3.63, 3.8) is 0 Å². The highest BCUT2D eigenvalue weighted by Crippen LogP contribution is 2.31. The smallest absolute Gasteiger partial charge is 0.306 e. The van der Waals surface area contributed by atoms with Crippen molar-refractivity contribution in [3.05, 3.63) is 29.8 Å². The van der Waals surface area contributed by atoms with Gasteiger partial charge in [-0.05, 0) is 49.7 Å². The maximum atomic E-state index is 13.1. The van der Waals surface area contributed by atoms with E-state index in [1.54, 1.807) is 24.3 Å². The summed E-state index contributed by atoms with van der Waals surface area (Å²) in [5, 5.41) is 12.2. The second kappa shape index (κ2) is 8.76. The van der Waals surface area contributed by atoms with Gasteiger partial charge in [-0.15, -0.1) is 0 Å². The molecule has 4 unspecified atom stereocenters. The lowest BCUT2D eigenvalue weighted by Gasteiger charge is -2.35. The molecule has 4 atom stereocenters. The van der Waals surface area contributed by atoms with Crippen molar-refractivity contribution >= 4 is 23.5 Å². The first-order chi connectivity index (χ1) is 13.3. The summed E-state index contributed by atoms with van der Waals surface area (Å²) in [4.78, 5) is 39.0. The van der Waals surface area contributed by atoms with E-state index in [1.165, 1.54) is 0 Å². The van der Waals surface area contributed by atoms with Crippen LogP contribution in [0.25, 0.3) is 0 Å². The molecular weight excluding hydrogens is 356 g/mol. The molecule has 1 saturated heterocycles. The Morgan fingerprint density at radius 2 is 1.64 bits per heavy atom. The number of hydrogen-bond donors (Lipinski definition) is 2. The molecule has 1 aromatic carbocycles. The highest BCUT2D eigenvalue weighted by Gasteiger charge is 2.32. The predicted molar refractivity (Wildman–Crippen MR) is 107 cm³/mol. The minimum Gasteiger partial charge on any atom is -0.481 e. The third-order valence-corrected chi connectivity index (χ3v) is 5.97. The molecule has 2 fully saturated rings. The number of nitrogens with zero attached hydrogens (tertiary/aromatic N) is 1. The number of carbonyl (C=O) groups excluding carboxylic acids is 2. The third kappa shape index (κ3) is 4.72. The van der Waals surface area contributed by atoms with Gasteiger partial charge >= 0.3 is 5.97 Å². The number of para-hydroxylation sites is 1. The maximum absolute atomic E-state index is 13.1. The van der Waals surface area contributed by atoms with Gasteiger partial charge in [-0.2, -0.15) is 0 Å². The van der Waals surface area contributed by atoms with Crippen molar-refractivity contribution in [3.8, 4) is 0 Å². The molecule has 2 aliphatic rings. The number of nitrogens with one attached hydrogen (secondary N) is 1. The van der Waals surface area contributed by atoms with Crippen LogP contribution in [0.4, 0.5) is 5.69 Å². The Kier molecular flexibility index (Phi) is 6.37. The molecule has 1 heterocycles. The molecule has 2 amide bonds. The molecule has 6 nitrogen and oxygen atoms in total. The number of benzene rings is 1. The topological polar surface area (TPSA) is 86.7 Å². The standard InChI is InChI=1S/C22H30N2O4/c1-14-10-15(2)13-24(12-14)21(26)18-8-3-4-9-19(18)23-20(25)16-6-5-7-17(11-16)22(27)28/h3-4,8-9,14-17H,5-7,10-13H2,1-2H3,(H,23,25)(H,27,28). The second-order valence-corrected chi connectivity index (χ2v) is 8.59.